The number of urea groups is 1. The van der Waals surface area contributed by atoms with Crippen molar-refractivity contribution >= 4 is 6.03 Å². The van der Waals surface area contributed by atoms with E-state index < -0.39 is 6.10 Å². The highest BCUT2D eigenvalue weighted by atomic mass is 16.3. The molecule has 3 atom stereocenters. The lowest BCUT2D eigenvalue weighted by Crippen LogP contribution is -2.50. The molecular formula is C16H22N2O2. The van der Waals surface area contributed by atoms with Crippen molar-refractivity contribution in [1.29, 1.82) is 0 Å². The van der Waals surface area contributed by atoms with Crippen LogP contribution >= 0.6 is 0 Å². The van der Waals surface area contributed by atoms with E-state index in [1.807, 2.05) is 19.1 Å². The zero-order valence-corrected chi connectivity index (χ0v) is 11.9. The van der Waals surface area contributed by atoms with Gasteiger partial charge in [-0.3, -0.25) is 0 Å². The standard InChI is InChI=1S/C16H22N2O2/c1-11-8-9-18(10-15(11)19)16(20)17-14-7-6-12-4-2-3-5-13(12)14/h2-5,11,14-15,19H,6-10H2,1H3,(H,17,20). The molecule has 0 saturated carbocycles. The Hall–Kier alpha value is -1.55. The molecule has 1 heterocycles. The van der Waals surface area contributed by atoms with Gasteiger partial charge in [0.05, 0.1) is 12.1 Å². The number of nitrogens with zero attached hydrogens (tertiary/aromatic N) is 1. The Balaban J connectivity index is 1.63. The van der Waals surface area contributed by atoms with Gasteiger partial charge in [-0.25, -0.2) is 4.79 Å². The normalized spacial score (nSPS) is 29.1. The number of nitrogens with one attached hydrogen (secondary N) is 1. The summed E-state index contributed by atoms with van der Waals surface area (Å²) in [6.45, 7) is 3.22. The van der Waals surface area contributed by atoms with Crippen LogP contribution in [-0.2, 0) is 6.42 Å². The third kappa shape index (κ3) is 2.52. The van der Waals surface area contributed by atoms with Crippen molar-refractivity contribution in [3.63, 3.8) is 0 Å². The van der Waals surface area contributed by atoms with Crippen LogP contribution in [0.5, 0.6) is 0 Å². The molecule has 3 unspecified atom stereocenters. The van der Waals surface area contributed by atoms with Crippen molar-refractivity contribution in [2.75, 3.05) is 13.1 Å². The first-order valence-electron chi connectivity index (χ1n) is 7.46. The molecule has 4 heteroatoms. The van der Waals surface area contributed by atoms with Gasteiger partial charge in [-0.2, -0.15) is 0 Å². The number of β-amino-alcohol motifs (C(OH)–C–C–N with tert-alkyl or cyclic N) is 1. The summed E-state index contributed by atoms with van der Waals surface area (Å²) >= 11 is 0. The van der Waals surface area contributed by atoms with Crippen molar-refractivity contribution in [3.8, 4) is 0 Å². The predicted molar refractivity (Wildman–Crippen MR) is 77.4 cm³/mol. The van der Waals surface area contributed by atoms with Crippen molar-refractivity contribution in [2.24, 2.45) is 5.92 Å². The molecule has 0 radical (unpaired) electrons. The number of piperidine rings is 1. The number of benzene rings is 1. The van der Waals surface area contributed by atoms with Crippen molar-refractivity contribution in [2.45, 2.75) is 38.3 Å². The fraction of sp³-hybridized carbons (Fsp3) is 0.562. The Morgan fingerprint density at radius 2 is 2.15 bits per heavy atom. The summed E-state index contributed by atoms with van der Waals surface area (Å²) in [6, 6.07) is 8.38. The summed E-state index contributed by atoms with van der Waals surface area (Å²) < 4.78 is 0. The highest BCUT2D eigenvalue weighted by molar-refractivity contribution is 5.75. The number of aliphatic hydroxyl groups excluding tert-OH is 1. The maximum atomic E-state index is 12.3. The van der Waals surface area contributed by atoms with E-state index in [-0.39, 0.29) is 18.0 Å². The maximum absolute atomic E-state index is 12.3. The molecule has 0 spiro atoms. The van der Waals surface area contributed by atoms with E-state index in [0.29, 0.717) is 6.54 Å². The quantitative estimate of drug-likeness (QED) is 0.824. The number of rotatable bonds is 1. The first-order valence-corrected chi connectivity index (χ1v) is 7.46. The minimum absolute atomic E-state index is 0.0438. The van der Waals surface area contributed by atoms with Gasteiger partial charge in [0.15, 0.2) is 0 Å². The van der Waals surface area contributed by atoms with Crippen molar-refractivity contribution in [3.05, 3.63) is 35.4 Å². The number of fused-ring (bicyclic) bond motifs is 1. The molecule has 20 heavy (non-hydrogen) atoms. The van der Waals surface area contributed by atoms with Crippen LogP contribution in [-0.4, -0.2) is 35.2 Å². The molecule has 1 aromatic carbocycles. The van der Waals surface area contributed by atoms with Gasteiger partial charge >= 0.3 is 6.03 Å². The molecule has 1 aliphatic carbocycles. The Kier molecular flexibility index (Phi) is 3.66. The fourth-order valence-corrected chi connectivity index (χ4v) is 3.18. The summed E-state index contributed by atoms with van der Waals surface area (Å²) in [7, 11) is 0. The first kappa shape index (κ1) is 13.4. The molecule has 1 aromatic rings. The molecule has 108 valence electrons. The lowest BCUT2D eigenvalue weighted by Gasteiger charge is -2.35. The number of aryl methyl sites for hydroxylation is 1. The second-order valence-electron chi connectivity index (χ2n) is 6.02. The summed E-state index contributed by atoms with van der Waals surface area (Å²) in [5.41, 5.74) is 2.58. The number of hydrogen-bond donors (Lipinski definition) is 2. The minimum Gasteiger partial charge on any atom is -0.391 e. The van der Waals surface area contributed by atoms with Gasteiger partial charge in [0, 0.05) is 13.1 Å². The summed E-state index contributed by atoms with van der Waals surface area (Å²) in [4.78, 5) is 14.1. The van der Waals surface area contributed by atoms with E-state index >= 15 is 0 Å². The largest absolute Gasteiger partial charge is 0.391 e. The Bertz CT molecular complexity index is 503. The second kappa shape index (κ2) is 5.44. The Morgan fingerprint density at radius 3 is 2.95 bits per heavy atom. The molecule has 1 fully saturated rings. The molecule has 0 aromatic heterocycles. The lowest BCUT2D eigenvalue weighted by atomic mass is 9.96. The number of aliphatic hydroxyl groups is 1. The lowest BCUT2D eigenvalue weighted by molar-refractivity contribution is 0.0430. The highest BCUT2D eigenvalue weighted by Gasteiger charge is 2.30. The van der Waals surface area contributed by atoms with E-state index in [0.717, 1.165) is 25.8 Å². The maximum Gasteiger partial charge on any atom is 0.317 e. The SMILES string of the molecule is CC1CCN(C(=O)NC2CCc3ccccc32)CC1O. The minimum atomic E-state index is -0.398. The number of likely N-dealkylation sites (tertiary alicyclic amines) is 1. The van der Waals surface area contributed by atoms with Crippen LogP contribution in [0.15, 0.2) is 24.3 Å². The van der Waals surface area contributed by atoms with E-state index in [2.05, 4.69) is 17.4 Å². The number of carbonyl (C=O) groups is 1. The van der Waals surface area contributed by atoms with Gasteiger partial charge in [-0.1, -0.05) is 31.2 Å². The third-order valence-corrected chi connectivity index (χ3v) is 4.64. The highest BCUT2D eigenvalue weighted by Crippen LogP contribution is 2.31. The van der Waals surface area contributed by atoms with Crippen LogP contribution < -0.4 is 5.32 Å². The van der Waals surface area contributed by atoms with Gasteiger partial charge in [0.25, 0.3) is 0 Å². The topological polar surface area (TPSA) is 52.6 Å². The van der Waals surface area contributed by atoms with E-state index in [9.17, 15) is 9.90 Å². The van der Waals surface area contributed by atoms with Crippen LogP contribution in [0.3, 0.4) is 0 Å². The molecule has 4 nitrogen and oxygen atoms in total. The van der Waals surface area contributed by atoms with Crippen LogP contribution in [0, 0.1) is 5.92 Å². The number of carbonyl (C=O) groups excluding carboxylic acids is 1. The fourth-order valence-electron chi connectivity index (χ4n) is 3.18. The molecule has 3 rings (SSSR count). The van der Waals surface area contributed by atoms with E-state index in [4.69, 9.17) is 0 Å². The van der Waals surface area contributed by atoms with Gasteiger partial charge in [0.1, 0.15) is 0 Å². The van der Waals surface area contributed by atoms with Gasteiger partial charge in [0.2, 0.25) is 0 Å². The molecule has 2 aliphatic rings. The summed E-state index contributed by atoms with van der Waals surface area (Å²) in [5, 5.41) is 13.0. The molecule has 0 bridgehead atoms. The smallest absolute Gasteiger partial charge is 0.317 e. The van der Waals surface area contributed by atoms with Crippen LogP contribution in [0.2, 0.25) is 0 Å². The summed E-state index contributed by atoms with van der Waals surface area (Å²) in [5.74, 6) is 0.284. The first-order chi connectivity index (χ1) is 9.65. The summed E-state index contributed by atoms with van der Waals surface area (Å²) in [6.07, 6.45) is 2.47. The Labute approximate surface area is 119 Å². The van der Waals surface area contributed by atoms with Crippen LogP contribution in [0.4, 0.5) is 4.79 Å². The van der Waals surface area contributed by atoms with Crippen LogP contribution in [0.1, 0.15) is 36.9 Å². The molecular weight excluding hydrogens is 252 g/mol. The zero-order valence-electron chi connectivity index (χ0n) is 11.9. The van der Waals surface area contributed by atoms with Gasteiger partial charge in [-0.15, -0.1) is 0 Å². The average molecular weight is 274 g/mol. The van der Waals surface area contributed by atoms with Crippen molar-refractivity contribution in [1.82, 2.24) is 10.2 Å². The number of amides is 2. The Morgan fingerprint density at radius 1 is 1.35 bits per heavy atom. The van der Waals surface area contributed by atoms with Gasteiger partial charge < -0.3 is 15.3 Å². The molecule has 1 aliphatic heterocycles. The van der Waals surface area contributed by atoms with E-state index in [1.165, 1.54) is 11.1 Å². The monoisotopic (exact) mass is 274 g/mol. The average Bonchev–Trinajstić information content (AvgIpc) is 2.85. The molecule has 2 amide bonds. The third-order valence-electron chi connectivity index (χ3n) is 4.64. The predicted octanol–water partition coefficient (Wildman–Crippen LogP) is 2.09. The van der Waals surface area contributed by atoms with E-state index in [1.54, 1.807) is 4.90 Å². The zero-order chi connectivity index (χ0) is 14.1. The van der Waals surface area contributed by atoms with Crippen LogP contribution in [0.25, 0.3) is 0 Å². The van der Waals surface area contributed by atoms with Crippen molar-refractivity contribution < 1.29 is 9.90 Å². The second-order valence-corrected chi connectivity index (χ2v) is 6.02. The molecule has 1 saturated heterocycles. The van der Waals surface area contributed by atoms with Gasteiger partial charge in [-0.05, 0) is 36.3 Å². The molecule has 2 N–H and O–H groups in total. The number of hydrogen-bond acceptors (Lipinski definition) is 2.